The van der Waals surface area contributed by atoms with Gasteiger partial charge < -0.3 is 4.74 Å². The lowest BCUT2D eigenvalue weighted by atomic mass is 9.59. The van der Waals surface area contributed by atoms with E-state index >= 15 is 0 Å². The molecular formula is C15H24O. The summed E-state index contributed by atoms with van der Waals surface area (Å²) >= 11 is 0. The molecule has 1 nitrogen and oxygen atoms in total. The van der Waals surface area contributed by atoms with Crippen molar-refractivity contribution in [2.24, 2.45) is 17.8 Å². The second-order valence-electron chi connectivity index (χ2n) is 6.42. The van der Waals surface area contributed by atoms with Crippen molar-refractivity contribution in [3.8, 4) is 0 Å². The second kappa shape index (κ2) is 3.87. The molecule has 0 aromatic rings. The predicted molar refractivity (Wildman–Crippen MR) is 66.3 cm³/mol. The van der Waals surface area contributed by atoms with Crippen LogP contribution in [-0.4, -0.2) is 12.2 Å². The predicted octanol–water partition coefficient (Wildman–Crippen LogP) is 3.94. The molecule has 2 fully saturated rings. The molecule has 3 rings (SSSR count). The Morgan fingerprint density at radius 3 is 2.88 bits per heavy atom. The van der Waals surface area contributed by atoms with Crippen molar-refractivity contribution in [1.29, 1.82) is 0 Å². The highest BCUT2D eigenvalue weighted by Crippen LogP contribution is 2.51. The van der Waals surface area contributed by atoms with Crippen LogP contribution in [0.1, 0.15) is 52.4 Å². The molecule has 0 saturated heterocycles. The minimum absolute atomic E-state index is 0.0881. The zero-order valence-corrected chi connectivity index (χ0v) is 10.7. The van der Waals surface area contributed by atoms with Gasteiger partial charge in [-0.05, 0) is 44.9 Å². The molecule has 0 aromatic carbocycles. The molecule has 16 heavy (non-hydrogen) atoms. The van der Waals surface area contributed by atoms with Crippen LogP contribution in [0, 0.1) is 17.8 Å². The quantitative estimate of drug-likeness (QED) is 0.562. The molecule has 1 heteroatoms. The maximum atomic E-state index is 6.01. The topological polar surface area (TPSA) is 9.23 Å². The molecule has 3 unspecified atom stereocenters. The third-order valence-electron chi connectivity index (χ3n) is 5.15. The Hall–Kier alpha value is -0.300. The van der Waals surface area contributed by atoms with Crippen LogP contribution >= 0.6 is 0 Å². The van der Waals surface area contributed by atoms with E-state index in [1.165, 1.54) is 38.5 Å². The van der Waals surface area contributed by atoms with Gasteiger partial charge in [-0.3, -0.25) is 0 Å². The molecule has 1 heterocycles. The van der Waals surface area contributed by atoms with E-state index in [0.29, 0.717) is 0 Å². The minimum Gasteiger partial charge on any atom is -0.371 e. The second-order valence-corrected chi connectivity index (χ2v) is 6.42. The Morgan fingerprint density at radius 2 is 2.00 bits per heavy atom. The molecule has 0 spiro atoms. The average molecular weight is 220 g/mol. The van der Waals surface area contributed by atoms with E-state index < -0.39 is 0 Å². The molecule has 0 amide bonds. The van der Waals surface area contributed by atoms with Crippen molar-refractivity contribution in [2.75, 3.05) is 6.61 Å². The SMILES string of the molecule is CC1(C)OCC=C2CCC3CCCCC3C21. The molecule has 0 aromatic heterocycles. The third kappa shape index (κ3) is 1.64. The zero-order valence-electron chi connectivity index (χ0n) is 10.7. The summed E-state index contributed by atoms with van der Waals surface area (Å²) in [6.07, 6.45) is 11.0. The maximum Gasteiger partial charge on any atom is 0.0698 e. The largest absolute Gasteiger partial charge is 0.371 e. The van der Waals surface area contributed by atoms with Gasteiger partial charge in [-0.15, -0.1) is 0 Å². The molecular weight excluding hydrogens is 196 g/mol. The van der Waals surface area contributed by atoms with Gasteiger partial charge in [0.2, 0.25) is 0 Å². The van der Waals surface area contributed by atoms with E-state index in [-0.39, 0.29) is 5.60 Å². The van der Waals surface area contributed by atoms with E-state index in [2.05, 4.69) is 19.9 Å². The van der Waals surface area contributed by atoms with Crippen LogP contribution in [0.15, 0.2) is 11.6 Å². The van der Waals surface area contributed by atoms with Gasteiger partial charge in [0, 0.05) is 5.92 Å². The van der Waals surface area contributed by atoms with E-state index in [1.54, 1.807) is 5.57 Å². The summed E-state index contributed by atoms with van der Waals surface area (Å²) in [5.41, 5.74) is 1.81. The normalized spacial score (nSPS) is 41.9. The Labute approximate surface area is 99.3 Å². The Morgan fingerprint density at radius 1 is 1.19 bits per heavy atom. The Bertz CT molecular complexity index is 303. The highest BCUT2D eigenvalue weighted by Gasteiger charge is 2.46. The summed E-state index contributed by atoms with van der Waals surface area (Å²) in [5, 5.41) is 0. The van der Waals surface area contributed by atoms with Crippen LogP contribution in [0.2, 0.25) is 0 Å². The molecule has 0 bridgehead atoms. The minimum atomic E-state index is 0.0881. The fourth-order valence-corrected chi connectivity index (χ4v) is 4.46. The standard InChI is InChI=1S/C15H24O/c1-15(2)14-12(9-10-16-15)8-7-11-5-3-4-6-13(11)14/h9,11,13-14H,3-8,10H2,1-2H3. The Kier molecular flexibility index (Phi) is 2.62. The lowest BCUT2D eigenvalue weighted by Crippen LogP contribution is -2.48. The van der Waals surface area contributed by atoms with Crippen molar-refractivity contribution >= 4 is 0 Å². The molecule has 0 radical (unpaired) electrons. The van der Waals surface area contributed by atoms with Gasteiger partial charge >= 0.3 is 0 Å². The summed E-state index contributed by atoms with van der Waals surface area (Å²) < 4.78 is 6.01. The summed E-state index contributed by atoms with van der Waals surface area (Å²) in [7, 11) is 0. The van der Waals surface area contributed by atoms with Crippen LogP contribution in [0.25, 0.3) is 0 Å². The monoisotopic (exact) mass is 220 g/mol. The molecule has 3 aliphatic rings. The Balaban J connectivity index is 1.91. The number of fused-ring (bicyclic) bond motifs is 3. The van der Waals surface area contributed by atoms with Crippen molar-refractivity contribution in [3.05, 3.63) is 11.6 Å². The molecule has 0 N–H and O–H groups in total. The summed E-state index contributed by atoms with van der Waals surface area (Å²) in [4.78, 5) is 0. The van der Waals surface area contributed by atoms with Gasteiger partial charge in [-0.25, -0.2) is 0 Å². The van der Waals surface area contributed by atoms with Crippen molar-refractivity contribution in [2.45, 2.75) is 58.0 Å². The highest BCUT2D eigenvalue weighted by atomic mass is 16.5. The van der Waals surface area contributed by atoms with Gasteiger partial charge in [0.25, 0.3) is 0 Å². The maximum absolute atomic E-state index is 6.01. The van der Waals surface area contributed by atoms with Crippen molar-refractivity contribution in [1.82, 2.24) is 0 Å². The summed E-state index contributed by atoms with van der Waals surface area (Å²) in [5.74, 6) is 2.64. The molecule has 3 atom stereocenters. The number of hydrogen-bond acceptors (Lipinski definition) is 1. The third-order valence-corrected chi connectivity index (χ3v) is 5.15. The number of hydrogen-bond donors (Lipinski definition) is 0. The first kappa shape index (κ1) is 10.8. The fraction of sp³-hybridized carbons (Fsp3) is 0.867. The van der Waals surface area contributed by atoms with Crippen LogP contribution in [0.3, 0.4) is 0 Å². The molecule has 2 aliphatic carbocycles. The highest BCUT2D eigenvalue weighted by molar-refractivity contribution is 5.20. The zero-order chi connectivity index (χ0) is 11.2. The van der Waals surface area contributed by atoms with E-state index in [9.17, 15) is 0 Å². The summed E-state index contributed by atoms with van der Waals surface area (Å²) in [6.45, 7) is 5.46. The van der Waals surface area contributed by atoms with Gasteiger partial charge in [0.1, 0.15) is 0 Å². The fourth-order valence-electron chi connectivity index (χ4n) is 4.46. The smallest absolute Gasteiger partial charge is 0.0698 e. The van der Waals surface area contributed by atoms with Gasteiger partial charge in [-0.1, -0.05) is 30.9 Å². The van der Waals surface area contributed by atoms with Crippen LogP contribution < -0.4 is 0 Å². The lowest BCUT2D eigenvalue weighted by Gasteiger charge is -2.51. The van der Waals surface area contributed by atoms with Crippen molar-refractivity contribution < 1.29 is 4.74 Å². The van der Waals surface area contributed by atoms with Gasteiger partial charge in [0.15, 0.2) is 0 Å². The van der Waals surface area contributed by atoms with Crippen LogP contribution in [-0.2, 0) is 4.74 Å². The first-order valence-electron chi connectivity index (χ1n) is 7.01. The van der Waals surface area contributed by atoms with Gasteiger partial charge in [-0.2, -0.15) is 0 Å². The van der Waals surface area contributed by atoms with Crippen LogP contribution in [0.4, 0.5) is 0 Å². The lowest BCUT2D eigenvalue weighted by molar-refractivity contribution is -0.0869. The number of ether oxygens (including phenoxy) is 1. The molecule has 90 valence electrons. The van der Waals surface area contributed by atoms with Crippen molar-refractivity contribution in [3.63, 3.8) is 0 Å². The van der Waals surface area contributed by atoms with E-state index in [1.807, 2.05) is 0 Å². The van der Waals surface area contributed by atoms with Gasteiger partial charge in [0.05, 0.1) is 12.2 Å². The van der Waals surface area contributed by atoms with Crippen LogP contribution in [0.5, 0.6) is 0 Å². The average Bonchev–Trinajstić information content (AvgIpc) is 2.28. The summed E-state index contributed by atoms with van der Waals surface area (Å²) in [6, 6.07) is 0. The first-order chi connectivity index (χ1) is 7.68. The number of rotatable bonds is 0. The first-order valence-corrected chi connectivity index (χ1v) is 7.01. The van der Waals surface area contributed by atoms with E-state index in [4.69, 9.17) is 4.74 Å². The molecule has 2 saturated carbocycles. The van der Waals surface area contributed by atoms with E-state index in [0.717, 1.165) is 24.4 Å². The molecule has 1 aliphatic heterocycles.